The van der Waals surface area contributed by atoms with Gasteiger partial charge in [0.15, 0.2) is 0 Å². The summed E-state index contributed by atoms with van der Waals surface area (Å²) in [6, 6.07) is 0.544. The molecule has 3 nitrogen and oxygen atoms in total. The van der Waals surface area contributed by atoms with Crippen molar-refractivity contribution in [1.82, 2.24) is 5.32 Å². The zero-order valence-corrected chi connectivity index (χ0v) is 11.9. The first-order valence-electron chi connectivity index (χ1n) is 6.59. The van der Waals surface area contributed by atoms with Crippen LogP contribution in [-0.4, -0.2) is 25.7 Å². The summed E-state index contributed by atoms with van der Waals surface area (Å²) in [5.41, 5.74) is 0.00165. The lowest BCUT2D eigenvalue weighted by Gasteiger charge is -2.37. The average Bonchev–Trinajstić information content (AvgIpc) is 2.24. The van der Waals surface area contributed by atoms with E-state index in [1.165, 1.54) is 32.8 Å². The highest BCUT2D eigenvalue weighted by Crippen LogP contribution is 2.35. The maximum absolute atomic E-state index is 11.6. The summed E-state index contributed by atoms with van der Waals surface area (Å²) in [6.45, 7) is 9.21. The summed E-state index contributed by atoms with van der Waals surface area (Å²) in [6.07, 6.45) is 5.01. The molecule has 0 radical (unpaired) electrons. The molecule has 0 aromatic heterocycles. The van der Waals surface area contributed by atoms with Gasteiger partial charge in [-0.05, 0) is 38.5 Å². The van der Waals surface area contributed by atoms with E-state index in [0.29, 0.717) is 18.0 Å². The van der Waals surface area contributed by atoms with Gasteiger partial charge < -0.3 is 10.1 Å². The fourth-order valence-corrected chi connectivity index (χ4v) is 2.62. The molecule has 0 spiro atoms. The monoisotopic (exact) mass is 241 g/mol. The molecular formula is C14H27NO2. The van der Waals surface area contributed by atoms with Crippen molar-refractivity contribution in [1.29, 1.82) is 0 Å². The Morgan fingerprint density at radius 1 is 1.47 bits per heavy atom. The number of rotatable bonds is 4. The van der Waals surface area contributed by atoms with Gasteiger partial charge in [-0.25, -0.2) is 0 Å². The minimum atomic E-state index is -0.434. The van der Waals surface area contributed by atoms with E-state index in [9.17, 15) is 4.79 Å². The smallest absolute Gasteiger partial charge is 0.312 e. The number of ether oxygens (including phenoxy) is 1. The SMILES string of the molecule is COC(=O)C(C)(C)CNC1CCCC(C)(C)C1. The Kier molecular flexibility index (Phi) is 4.59. The van der Waals surface area contributed by atoms with Crippen molar-refractivity contribution in [2.75, 3.05) is 13.7 Å². The molecule has 0 heterocycles. The van der Waals surface area contributed by atoms with Gasteiger partial charge in [0.25, 0.3) is 0 Å². The van der Waals surface area contributed by atoms with E-state index in [1.54, 1.807) is 0 Å². The quantitative estimate of drug-likeness (QED) is 0.769. The third-order valence-electron chi connectivity index (χ3n) is 3.78. The summed E-state index contributed by atoms with van der Waals surface area (Å²) in [5, 5.41) is 3.53. The largest absolute Gasteiger partial charge is 0.469 e. The molecule has 1 N–H and O–H groups in total. The molecule has 3 heteroatoms. The van der Waals surface area contributed by atoms with Crippen LogP contribution >= 0.6 is 0 Å². The van der Waals surface area contributed by atoms with E-state index in [4.69, 9.17) is 4.74 Å². The van der Waals surface area contributed by atoms with Gasteiger partial charge in [-0.2, -0.15) is 0 Å². The Labute approximate surface area is 105 Å². The molecule has 0 bridgehead atoms. The Bertz CT molecular complexity index is 271. The predicted octanol–water partition coefficient (Wildman–Crippen LogP) is 2.74. The van der Waals surface area contributed by atoms with Gasteiger partial charge in [-0.15, -0.1) is 0 Å². The summed E-state index contributed by atoms with van der Waals surface area (Å²) < 4.78 is 4.82. The fraction of sp³-hybridized carbons (Fsp3) is 0.929. The lowest BCUT2D eigenvalue weighted by atomic mass is 9.75. The van der Waals surface area contributed by atoms with Crippen molar-refractivity contribution < 1.29 is 9.53 Å². The first-order chi connectivity index (χ1) is 7.77. The molecule has 17 heavy (non-hydrogen) atoms. The zero-order valence-electron chi connectivity index (χ0n) is 11.9. The number of esters is 1. The van der Waals surface area contributed by atoms with Crippen molar-refractivity contribution in [2.24, 2.45) is 10.8 Å². The molecular weight excluding hydrogens is 214 g/mol. The second-order valence-electron chi connectivity index (χ2n) is 6.71. The molecule has 0 aromatic carbocycles. The molecule has 1 fully saturated rings. The fourth-order valence-electron chi connectivity index (χ4n) is 2.62. The third-order valence-corrected chi connectivity index (χ3v) is 3.78. The Morgan fingerprint density at radius 2 is 2.12 bits per heavy atom. The molecule has 1 aliphatic rings. The first kappa shape index (κ1) is 14.5. The van der Waals surface area contributed by atoms with Crippen LogP contribution in [0.25, 0.3) is 0 Å². The maximum atomic E-state index is 11.6. The predicted molar refractivity (Wildman–Crippen MR) is 69.8 cm³/mol. The van der Waals surface area contributed by atoms with Gasteiger partial charge in [0.1, 0.15) is 0 Å². The van der Waals surface area contributed by atoms with Gasteiger partial charge in [0, 0.05) is 12.6 Å². The van der Waals surface area contributed by atoms with Gasteiger partial charge in [-0.3, -0.25) is 4.79 Å². The minimum absolute atomic E-state index is 0.139. The molecule has 0 amide bonds. The van der Waals surface area contributed by atoms with E-state index >= 15 is 0 Å². The number of carbonyl (C=O) groups excluding carboxylic acids is 1. The van der Waals surface area contributed by atoms with Crippen LogP contribution < -0.4 is 5.32 Å². The van der Waals surface area contributed by atoms with E-state index in [2.05, 4.69) is 19.2 Å². The second kappa shape index (κ2) is 5.38. The number of methoxy groups -OCH3 is 1. The van der Waals surface area contributed by atoms with Crippen LogP contribution in [-0.2, 0) is 9.53 Å². The average molecular weight is 241 g/mol. The zero-order chi connectivity index (χ0) is 13.1. The van der Waals surface area contributed by atoms with Crippen LogP contribution in [0.3, 0.4) is 0 Å². The lowest BCUT2D eigenvalue weighted by molar-refractivity contribution is -0.150. The van der Waals surface area contributed by atoms with Crippen molar-refractivity contribution >= 4 is 5.97 Å². The standard InChI is InChI=1S/C14H27NO2/c1-13(2)8-6-7-11(9-13)15-10-14(3,4)12(16)17-5/h11,15H,6-10H2,1-5H3. The second-order valence-corrected chi connectivity index (χ2v) is 6.71. The molecule has 1 unspecified atom stereocenters. The van der Waals surface area contributed by atoms with Crippen molar-refractivity contribution in [3.63, 3.8) is 0 Å². The number of carbonyl (C=O) groups is 1. The van der Waals surface area contributed by atoms with Crippen molar-refractivity contribution in [2.45, 2.75) is 59.4 Å². The van der Waals surface area contributed by atoms with Crippen LogP contribution in [0.15, 0.2) is 0 Å². The van der Waals surface area contributed by atoms with E-state index < -0.39 is 5.41 Å². The van der Waals surface area contributed by atoms with E-state index in [0.717, 1.165) is 0 Å². The number of hydrogen-bond donors (Lipinski definition) is 1. The van der Waals surface area contributed by atoms with Gasteiger partial charge in [0.2, 0.25) is 0 Å². The van der Waals surface area contributed by atoms with Gasteiger partial charge >= 0.3 is 5.97 Å². The maximum Gasteiger partial charge on any atom is 0.312 e. The van der Waals surface area contributed by atoms with Crippen LogP contribution in [0.5, 0.6) is 0 Å². The highest BCUT2D eigenvalue weighted by atomic mass is 16.5. The number of nitrogens with one attached hydrogen (secondary N) is 1. The van der Waals surface area contributed by atoms with E-state index in [-0.39, 0.29) is 5.97 Å². The van der Waals surface area contributed by atoms with Crippen LogP contribution in [0.1, 0.15) is 53.4 Å². The van der Waals surface area contributed by atoms with Crippen molar-refractivity contribution in [3.05, 3.63) is 0 Å². The molecule has 1 atom stereocenters. The third kappa shape index (κ3) is 4.30. The first-order valence-corrected chi connectivity index (χ1v) is 6.59. The highest BCUT2D eigenvalue weighted by molar-refractivity contribution is 5.76. The Morgan fingerprint density at radius 3 is 2.65 bits per heavy atom. The molecule has 1 saturated carbocycles. The highest BCUT2D eigenvalue weighted by Gasteiger charge is 2.32. The summed E-state index contributed by atoms with van der Waals surface area (Å²) in [5.74, 6) is -0.139. The molecule has 0 aromatic rings. The van der Waals surface area contributed by atoms with Crippen LogP contribution in [0.4, 0.5) is 0 Å². The minimum Gasteiger partial charge on any atom is -0.469 e. The summed E-state index contributed by atoms with van der Waals surface area (Å²) in [7, 11) is 1.45. The Hall–Kier alpha value is -0.570. The van der Waals surface area contributed by atoms with E-state index in [1.807, 2.05) is 13.8 Å². The molecule has 0 saturated heterocycles. The number of hydrogen-bond acceptors (Lipinski definition) is 3. The lowest BCUT2D eigenvalue weighted by Crippen LogP contribution is -2.44. The molecule has 100 valence electrons. The van der Waals surface area contributed by atoms with Crippen LogP contribution in [0, 0.1) is 10.8 Å². The topological polar surface area (TPSA) is 38.3 Å². The molecule has 1 aliphatic carbocycles. The van der Waals surface area contributed by atoms with Crippen molar-refractivity contribution in [3.8, 4) is 0 Å². The summed E-state index contributed by atoms with van der Waals surface area (Å²) in [4.78, 5) is 11.6. The molecule has 1 rings (SSSR count). The normalized spacial score (nSPS) is 24.4. The summed E-state index contributed by atoms with van der Waals surface area (Å²) >= 11 is 0. The van der Waals surface area contributed by atoms with Gasteiger partial charge in [-0.1, -0.05) is 20.3 Å². The Balaban J connectivity index is 2.43. The molecule has 0 aliphatic heterocycles. The van der Waals surface area contributed by atoms with Gasteiger partial charge in [0.05, 0.1) is 12.5 Å². The van der Waals surface area contributed by atoms with Crippen LogP contribution in [0.2, 0.25) is 0 Å².